The molecule has 0 spiro atoms. The fraction of sp³-hybridized carbons (Fsp3) is 0.375. The first-order chi connectivity index (χ1) is 10.3. The Morgan fingerprint density at radius 3 is 2.95 bits per heavy atom. The molecule has 0 aliphatic carbocycles. The molecule has 1 aliphatic heterocycles. The van der Waals surface area contributed by atoms with Gasteiger partial charge in [-0.1, -0.05) is 12.1 Å². The van der Waals surface area contributed by atoms with Crippen LogP contribution in [0.5, 0.6) is 5.75 Å². The molecule has 1 aromatic carbocycles. The van der Waals surface area contributed by atoms with Crippen LogP contribution in [0.1, 0.15) is 18.2 Å². The van der Waals surface area contributed by atoms with E-state index in [4.69, 9.17) is 14.5 Å². The molecule has 21 heavy (non-hydrogen) atoms. The van der Waals surface area contributed by atoms with Crippen LogP contribution in [-0.2, 0) is 17.8 Å². The van der Waals surface area contributed by atoms with E-state index in [9.17, 15) is 0 Å². The quantitative estimate of drug-likeness (QED) is 0.936. The van der Waals surface area contributed by atoms with Gasteiger partial charge in [-0.2, -0.15) is 0 Å². The number of aromatic nitrogens is 2. The van der Waals surface area contributed by atoms with Gasteiger partial charge in [0.25, 0.3) is 0 Å². The largest absolute Gasteiger partial charge is 0.496 e. The van der Waals surface area contributed by atoms with Gasteiger partial charge in [0.15, 0.2) is 5.82 Å². The molecule has 1 aromatic heterocycles. The van der Waals surface area contributed by atoms with E-state index in [0.29, 0.717) is 19.0 Å². The molecule has 110 valence electrons. The molecule has 1 N–H and O–H groups in total. The normalized spacial score (nSPS) is 13.6. The van der Waals surface area contributed by atoms with Gasteiger partial charge >= 0.3 is 0 Å². The molecule has 0 saturated heterocycles. The number of para-hydroxylation sites is 1. The van der Waals surface area contributed by atoms with Gasteiger partial charge in [-0.05, 0) is 19.1 Å². The summed E-state index contributed by atoms with van der Waals surface area (Å²) in [6.45, 7) is 4.15. The van der Waals surface area contributed by atoms with Crippen molar-refractivity contribution in [2.24, 2.45) is 0 Å². The lowest BCUT2D eigenvalue weighted by molar-refractivity contribution is 0.109. The Kier molecular flexibility index (Phi) is 4.01. The lowest BCUT2D eigenvalue weighted by Crippen LogP contribution is -2.17. The van der Waals surface area contributed by atoms with Gasteiger partial charge in [0.05, 0.1) is 31.6 Å². The predicted molar refractivity (Wildman–Crippen MR) is 81.5 cm³/mol. The van der Waals surface area contributed by atoms with Gasteiger partial charge in [-0.15, -0.1) is 0 Å². The minimum atomic E-state index is 0.573. The first-order valence-electron chi connectivity index (χ1n) is 7.18. The molecule has 0 fully saturated rings. The standard InChI is InChI=1S/C16H19N3O2/c1-3-17-15-12-10-21-9-8-13(12)18-16(19-15)11-6-4-5-7-14(11)20-2/h4-7H,3,8-10H2,1-2H3,(H,17,18,19). The monoisotopic (exact) mass is 285 g/mol. The molecule has 5 nitrogen and oxygen atoms in total. The molecule has 0 atom stereocenters. The highest BCUT2D eigenvalue weighted by Crippen LogP contribution is 2.30. The predicted octanol–water partition coefficient (Wildman–Crippen LogP) is 2.66. The number of anilines is 1. The third-order valence-corrected chi connectivity index (χ3v) is 3.51. The molecule has 2 heterocycles. The second-order valence-electron chi connectivity index (χ2n) is 4.85. The van der Waals surface area contributed by atoms with Crippen LogP contribution in [0.15, 0.2) is 24.3 Å². The average Bonchev–Trinajstić information content (AvgIpc) is 2.55. The summed E-state index contributed by atoms with van der Waals surface area (Å²) in [6.07, 6.45) is 0.818. The molecule has 2 aromatic rings. The molecule has 0 unspecified atom stereocenters. The molecule has 1 aliphatic rings. The van der Waals surface area contributed by atoms with Crippen LogP contribution in [0.25, 0.3) is 11.4 Å². The third kappa shape index (κ3) is 2.69. The molecule has 3 rings (SSSR count). The maximum absolute atomic E-state index is 5.53. The van der Waals surface area contributed by atoms with Gasteiger partial charge in [0.1, 0.15) is 11.6 Å². The number of benzene rings is 1. The Labute approximate surface area is 124 Å². The maximum Gasteiger partial charge on any atom is 0.165 e. The van der Waals surface area contributed by atoms with Crippen molar-refractivity contribution in [2.75, 3.05) is 25.6 Å². The van der Waals surface area contributed by atoms with Gasteiger partial charge in [0, 0.05) is 18.5 Å². The van der Waals surface area contributed by atoms with Crippen LogP contribution < -0.4 is 10.1 Å². The summed E-state index contributed by atoms with van der Waals surface area (Å²) < 4.78 is 10.9. The fourth-order valence-corrected chi connectivity index (χ4v) is 2.50. The van der Waals surface area contributed by atoms with E-state index in [1.54, 1.807) is 7.11 Å². The molecule has 0 radical (unpaired) electrons. The first kappa shape index (κ1) is 13.8. The summed E-state index contributed by atoms with van der Waals surface area (Å²) in [5.41, 5.74) is 3.04. The second-order valence-corrected chi connectivity index (χ2v) is 4.85. The van der Waals surface area contributed by atoms with E-state index in [2.05, 4.69) is 17.2 Å². The van der Waals surface area contributed by atoms with Crippen LogP contribution in [0.2, 0.25) is 0 Å². The van der Waals surface area contributed by atoms with Gasteiger partial charge in [0.2, 0.25) is 0 Å². The molecule has 0 bridgehead atoms. The number of fused-ring (bicyclic) bond motifs is 1. The number of hydrogen-bond donors (Lipinski definition) is 1. The number of hydrogen-bond acceptors (Lipinski definition) is 5. The Bertz CT molecular complexity index is 643. The lowest BCUT2D eigenvalue weighted by Gasteiger charge is -2.20. The number of nitrogens with one attached hydrogen (secondary N) is 1. The smallest absolute Gasteiger partial charge is 0.165 e. The summed E-state index contributed by atoms with van der Waals surface area (Å²) in [5, 5.41) is 3.31. The number of ether oxygens (including phenoxy) is 2. The van der Waals surface area contributed by atoms with Crippen LogP contribution in [0, 0.1) is 0 Å². The molecular weight excluding hydrogens is 266 g/mol. The van der Waals surface area contributed by atoms with Crippen LogP contribution in [0.3, 0.4) is 0 Å². The van der Waals surface area contributed by atoms with Gasteiger partial charge in [-0.3, -0.25) is 0 Å². The van der Waals surface area contributed by atoms with E-state index >= 15 is 0 Å². The Balaban J connectivity index is 2.12. The first-order valence-corrected chi connectivity index (χ1v) is 7.18. The maximum atomic E-state index is 5.53. The fourth-order valence-electron chi connectivity index (χ4n) is 2.50. The van der Waals surface area contributed by atoms with Gasteiger partial charge in [-0.25, -0.2) is 9.97 Å². The van der Waals surface area contributed by atoms with Crippen molar-refractivity contribution in [3.63, 3.8) is 0 Å². The van der Waals surface area contributed by atoms with Crippen molar-refractivity contribution in [3.05, 3.63) is 35.5 Å². The van der Waals surface area contributed by atoms with Crippen molar-refractivity contribution in [1.29, 1.82) is 0 Å². The van der Waals surface area contributed by atoms with E-state index < -0.39 is 0 Å². The Morgan fingerprint density at radius 1 is 1.29 bits per heavy atom. The highest BCUT2D eigenvalue weighted by atomic mass is 16.5. The molecule has 0 amide bonds. The number of rotatable bonds is 4. The highest BCUT2D eigenvalue weighted by Gasteiger charge is 2.19. The minimum absolute atomic E-state index is 0.573. The zero-order valence-corrected chi connectivity index (χ0v) is 12.3. The van der Waals surface area contributed by atoms with Crippen LogP contribution in [-0.4, -0.2) is 30.2 Å². The van der Waals surface area contributed by atoms with Crippen LogP contribution in [0.4, 0.5) is 5.82 Å². The van der Waals surface area contributed by atoms with Gasteiger partial charge < -0.3 is 14.8 Å². The lowest BCUT2D eigenvalue weighted by atomic mass is 10.1. The number of methoxy groups -OCH3 is 1. The van der Waals surface area contributed by atoms with Crippen molar-refractivity contribution >= 4 is 5.82 Å². The summed E-state index contributed by atoms with van der Waals surface area (Å²) >= 11 is 0. The summed E-state index contributed by atoms with van der Waals surface area (Å²) in [4.78, 5) is 9.40. The second kappa shape index (κ2) is 6.10. The summed E-state index contributed by atoms with van der Waals surface area (Å²) in [6, 6.07) is 7.82. The van der Waals surface area contributed by atoms with Crippen LogP contribution >= 0.6 is 0 Å². The van der Waals surface area contributed by atoms with Crippen molar-refractivity contribution in [1.82, 2.24) is 9.97 Å². The topological polar surface area (TPSA) is 56.3 Å². The van der Waals surface area contributed by atoms with E-state index in [1.165, 1.54) is 0 Å². The summed E-state index contributed by atoms with van der Waals surface area (Å²) in [7, 11) is 1.66. The van der Waals surface area contributed by atoms with E-state index in [0.717, 1.165) is 41.4 Å². The summed E-state index contributed by atoms with van der Waals surface area (Å²) in [5.74, 6) is 2.35. The van der Waals surface area contributed by atoms with E-state index in [1.807, 2.05) is 24.3 Å². The van der Waals surface area contributed by atoms with E-state index in [-0.39, 0.29) is 0 Å². The number of nitrogens with zero attached hydrogens (tertiary/aromatic N) is 2. The third-order valence-electron chi connectivity index (χ3n) is 3.51. The van der Waals surface area contributed by atoms with Crippen molar-refractivity contribution in [3.8, 4) is 17.1 Å². The molecule has 5 heteroatoms. The van der Waals surface area contributed by atoms with Crippen molar-refractivity contribution in [2.45, 2.75) is 20.0 Å². The molecular formula is C16H19N3O2. The minimum Gasteiger partial charge on any atom is -0.496 e. The SMILES string of the molecule is CCNc1nc(-c2ccccc2OC)nc2c1COCC2. The Morgan fingerprint density at radius 2 is 2.14 bits per heavy atom. The highest BCUT2D eigenvalue weighted by molar-refractivity contribution is 5.66. The average molecular weight is 285 g/mol. The molecule has 0 saturated carbocycles. The Hall–Kier alpha value is -2.14. The van der Waals surface area contributed by atoms with Crippen molar-refractivity contribution < 1.29 is 9.47 Å². The zero-order chi connectivity index (χ0) is 14.7. The zero-order valence-electron chi connectivity index (χ0n) is 12.3.